The van der Waals surface area contributed by atoms with Gasteiger partial charge in [0.05, 0.1) is 11.6 Å². The van der Waals surface area contributed by atoms with Gasteiger partial charge in [-0.05, 0) is 45.8 Å². The second kappa shape index (κ2) is 6.78. The van der Waals surface area contributed by atoms with Crippen molar-refractivity contribution in [2.75, 3.05) is 7.11 Å². The Balaban J connectivity index is 1.87. The molecule has 0 spiro atoms. The molecule has 0 bridgehead atoms. The number of aryl methyl sites for hydroxylation is 1. The molecule has 23 heavy (non-hydrogen) atoms. The first-order chi connectivity index (χ1) is 11.2. The van der Waals surface area contributed by atoms with Gasteiger partial charge in [0.25, 0.3) is 0 Å². The van der Waals surface area contributed by atoms with Crippen molar-refractivity contribution in [1.82, 2.24) is 20.6 Å². The Hall–Kier alpha value is -2.41. The first kappa shape index (κ1) is 15.5. The Morgan fingerprint density at radius 2 is 2.09 bits per heavy atom. The van der Waals surface area contributed by atoms with Crippen LogP contribution in [0.25, 0.3) is 11.4 Å². The van der Waals surface area contributed by atoms with Crippen LogP contribution in [0.4, 0.5) is 0 Å². The standard InChI is InChI=1S/C16H15BrN4O2/c1-10-4-3-5-11(6-10)9-23-15-13(17)7-12(8-14(15)22-2)16-18-20-21-19-16/h3-8H,9H2,1-2H3,(H,18,19,20,21). The van der Waals surface area contributed by atoms with Crippen LogP contribution in [-0.4, -0.2) is 27.7 Å². The van der Waals surface area contributed by atoms with E-state index < -0.39 is 0 Å². The van der Waals surface area contributed by atoms with Crippen LogP contribution in [0.3, 0.4) is 0 Å². The van der Waals surface area contributed by atoms with Crippen molar-refractivity contribution >= 4 is 15.9 Å². The normalized spacial score (nSPS) is 10.6. The van der Waals surface area contributed by atoms with Crippen LogP contribution < -0.4 is 9.47 Å². The fourth-order valence-electron chi connectivity index (χ4n) is 2.23. The quantitative estimate of drug-likeness (QED) is 0.739. The average Bonchev–Trinajstić information content (AvgIpc) is 3.07. The number of nitrogens with one attached hydrogen (secondary N) is 1. The zero-order valence-corrected chi connectivity index (χ0v) is 14.3. The van der Waals surface area contributed by atoms with E-state index in [1.165, 1.54) is 5.56 Å². The molecule has 0 unspecified atom stereocenters. The number of tetrazole rings is 1. The molecule has 0 amide bonds. The Morgan fingerprint density at radius 3 is 2.78 bits per heavy atom. The van der Waals surface area contributed by atoms with Gasteiger partial charge in [0.1, 0.15) is 6.61 Å². The molecule has 118 valence electrons. The number of benzene rings is 2. The molecular formula is C16H15BrN4O2. The van der Waals surface area contributed by atoms with Crippen molar-refractivity contribution in [3.8, 4) is 22.9 Å². The number of H-pyrrole nitrogens is 1. The summed E-state index contributed by atoms with van der Waals surface area (Å²) in [5.41, 5.74) is 3.08. The van der Waals surface area contributed by atoms with Gasteiger partial charge >= 0.3 is 0 Å². The van der Waals surface area contributed by atoms with Gasteiger partial charge in [-0.25, -0.2) is 0 Å². The lowest BCUT2D eigenvalue weighted by atomic mass is 10.1. The highest BCUT2D eigenvalue weighted by Gasteiger charge is 2.15. The minimum Gasteiger partial charge on any atom is -0.493 e. The molecule has 0 radical (unpaired) electrons. The summed E-state index contributed by atoms with van der Waals surface area (Å²) in [7, 11) is 1.60. The first-order valence-corrected chi connectivity index (χ1v) is 7.76. The number of halogens is 1. The third-order valence-electron chi connectivity index (χ3n) is 3.30. The van der Waals surface area contributed by atoms with Gasteiger partial charge in [-0.15, -0.1) is 10.2 Å². The number of hydrogen-bond acceptors (Lipinski definition) is 5. The topological polar surface area (TPSA) is 72.9 Å². The highest BCUT2D eigenvalue weighted by Crippen LogP contribution is 2.39. The summed E-state index contributed by atoms with van der Waals surface area (Å²) in [6, 6.07) is 11.9. The number of methoxy groups -OCH3 is 1. The van der Waals surface area contributed by atoms with Crippen molar-refractivity contribution in [3.05, 3.63) is 52.0 Å². The molecule has 1 N–H and O–H groups in total. The second-order valence-electron chi connectivity index (χ2n) is 5.00. The van der Waals surface area contributed by atoms with Crippen molar-refractivity contribution in [2.24, 2.45) is 0 Å². The second-order valence-corrected chi connectivity index (χ2v) is 5.86. The smallest absolute Gasteiger partial charge is 0.204 e. The van der Waals surface area contributed by atoms with Crippen LogP contribution in [0.5, 0.6) is 11.5 Å². The molecule has 0 fully saturated rings. The van der Waals surface area contributed by atoms with Crippen LogP contribution in [0.2, 0.25) is 0 Å². The molecule has 0 saturated carbocycles. The molecular weight excluding hydrogens is 360 g/mol. The molecule has 3 rings (SSSR count). The van der Waals surface area contributed by atoms with E-state index in [0.717, 1.165) is 15.6 Å². The maximum Gasteiger partial charge on any atom is 0.204 e. The van der Waals surface area contributed by atoms with E-state index in [-0.39, 0.29) is 0 Å². The largest absolute Gasteiger partial charge is 0.493 e. The third kappa shape index (κ3) is 3.50. The number of aromatic nitrogens is 4. The van der Waals surface area contributed by atoms with Gasteiger partial charge < -0.3 is 9.47 Å². The molecule has 6 nitrogen and oxygen atoms in total. The molecule has 3 aromatic rings. The number of aromatic amines is 1. The molecule has 0 aliphatic carbocycles. The summed E-state index contributed by atoms with van der Waals surface area (Å²) in [5, 5.41) is 13.9. The number of nitrogens with zero attached hydrogens (tertiary/aromatic N) is 3. The van der Waals surface area contributed by atoms with Gasteiger partial charge in [-0.1, -0.05) is 29.8 Å². The summed E-state index contributed by atoms with van der Waals surface area (Å²) in [6.45, 7) is 2.51. The summed E-state index contributed by atoms with van der Waals surface area (Å²) < 4.78 is 12.1. The van der Waals surface area contributed by atoms with Gasteiger partial charge in [0, 0.05) is 5.56 Å². The molecule has 1 aromatic heterocycles. The van der Waals surface area contributed by atoms with Crippen LogP contribution in [0.1, 0.15) is 11.1 Å². The van der Waals surface area contributed by atoms with E-state index in [2.05, 4.69) is 55.6 Å². The Kier molecular flexibility index (Phi) is 4.57. The maximum atomic E-state index is 5.94. The molecule has 7 heteroatoms. The Labute approximate surface area is 142 Å². The fourth-order valence-corrected chi connectivity index (χ4v) is 2.79. The lowest BCUT2D eigenvalue weighted by molar-refractivity contribution is 0.282. The predicted octanol–water partition coefficient (Wildman–Crippen LogP) is 3.53. The summed E-state index contributed by atoms with van der Waals surface area (Å²) in [5.74, 6) is 1.74. The molecule has 0 saturated heterocycles. The van der Waals surface area contributed by atoms with E-state index in [4.69, 9.17) is 9.47 Å². The van der Waals surface area contributed by atoms with E-state index in [0.29, 0.717) is 23.9 Å². The summed E-state index contributed by atoms with van der Waals surface area (Å²) >= 11 is 3.52. The van der Waals surface area contributed by atoms with Crippen molar-refractivity contribution in [1.29, 1.82) is 0 Å². The van der Waals surface area contributed by atoms with Gasteiger partial charge in [-0.3, -0.25) is 0 Å². The monoisotopic (exact) mass is 374 g/mol. The highest BCUT2D eigenvalue weighted by atomic mass is 79.9. The first-order valence-electron chi connectivity index (χ1n) is 6.97. The van der Waals surface area contributed by atoms with Crippen LogP contribution in [0.15, 0.2) is 40.9 Å². The Bertz CT molecular complexity index is 806. The zero-order valence-electron chi connectivity index (χ0n) is 12.7. The number of ether oxygens (including phenoxy) is 2. The highest BCUT2D eigenvalue weighted by molar-refractivity contribution is 9.10. The average molecular weight is 375 g/mol. The SMILES string of the molecule is COc1cc(-c2nn[nH]n2)cc(Br)c1OCc1cccc(C)c1. The van der Waals surface area contributed by atoms with Crippen LogP contribution in [-0.2, 0) is 6.61 Å². The zero-order chi connectivity index (χ0) is 16.2. The predicted molar refractivity (Wildman–Crippen MR) is 89.4 cm³/mol. The molecule has 2 aromatic carbocycles. The van der Waals surface area contributed by atoms with Gasteiger partial charge in [0.15, 0.2) is 11.5 Å². The van der Waals surface area contributed by atoms with E-state index in [1.807, 2.05) is 24.3 Å². The molecule has 0 aliphatic rings. The lowest BCUT2D eigenvalue weighted by Gasteiger charge is -2.14. The maximum absolute atomic E-state index is 5.94. The third-order valence-corrected chi connectivity index (χ3v) is 3.89. The van der Waals surface area contributed by atoms with Crippen molar-refractivity contribution < 1.29 is 9.47 Å². The molecule has 0 atom stereocenters. The minimum absolute atomic E-state index is 0.457. The van der Waals surface area contributed by atoms with E-state index in [9.17, 15) is 0 Å². The molecule has 0 aliphatic heterocycles. The fraction of sp³-hybridized carbons (Fsp3) is 0.188. The van der Waals surface area contributed by atoms with Crippen molar-refractivity contribution in [2.45, 2.75) is 13.5 Å². The summed E-state index contributed by atoms with van der Waals surface area (Å²) in [6.07, 6.45) is 0. The van der Waals surface area contributed by atoms with Crippen LogP contribution in [0, 0.1) is 6.92 Å². The Morgan fingerprint density at radius 1 is 1.22 bits per heavy atom. The van der Waals surface area contributed by atoms with Gasteiger partial charge in [-0.2, -0.15) is 5.21 Å². The van der Waals surface area contributed by atoms with E-state index >= 15 is 0 Å². The van der Waals surface area contributed by atoms with Crippen molar-refractivity contribution in [3.63, 3.8) is 0 Å². The molecule has 1 heterocycles. The number of rotatable bonds is 5. The lowest BCUT2D eigenvalue weighted by Crippen LogP contribution is -1.99. The minimum atomic E-state index is 0.457. The van der Waals surface area contributed by atoms with Crippen LogP contribution >= 0.6 is 15.9 Å². The summed E-state index contributed by atoms with van der Waals surface area (Å²) in [4.78, 5) is 0. The van der Waals surface area contributed by atoms with Gasteiger partial charge in [0.2, 0.25) is 5.82 Å². The van der Waals surface area contributed by atoms with E-state index in [1.54, 1.807) is 7.11 Å². The number of hydrogen-bond donors (Lipinski definition) is 1.